The second-order valence-corrected chi connectivity index (χ2v) is 22.2. The lowest BCUT2D eigenvalue weighted by atomic mass is 10.0. The van der Waals surface area contributed by atoms with E-state index in [-0.39, 0.29) is 12.5 Å². The van der Waals surface area contributed by atoms with Gasteiger partial charge in [0.05, 0.1) is 18.8 Å². The Kier molecular flexibility index (Phi) is 61.2. The first-order chi connectivity index (χ1) is 35.2. The van der Waals surface area contributed by atoms with E-state index >= 15 is 0 Å². The Morgan fingerprint density at radius 3 is 0.901 bits per heavy atom. The first-order valence-electron chi connectivity index (χ1n) is 32.4. The maximum atomic E-state index is 12.5. The highest BCUT2D eigenvalue weighted by molar-refractivity contribution is 5.76. The maximum absolute atomic E-state index is 12.5. The van der Waals surface area contributed by atoms with Gasteiger partial charge in [-0.3, -0.25) is 4.79 Å². The average Bonchev–Trinajstić information content (AvgIpc) is 3.37. The molecule has 0 aliphatic carbocycles. The van der Waals surface area contributed by atoms with Crippen LogP contribution in [0.15, 0.2) is 48.6 Å². The quantitative estimate of drug-likeness (QED) is 0.0420. The third kappa shape index (κ3) is 59.1. The van der Waals surface area contributed by atoms with Crippen molar-refractivity contribution in [2.75, 3.05) is 6.61 Å². The number of aliphatic hydroxyl groups is 2. The normalized spacial score (nSPS) is 13.0. The van der Waals surface area contributed by atoms with Crippen molar-refractivity contribution in [3.05, 3.63) is 48.6 Å². The van der Waals surface area contributed by atoms with Gasteiger partial charge in [-0.2, -0.15) is 0 Å². The lowest BCUT2D eigenvalue weighted by Crippen LogP contribution is -2.45. The highest BCUT2D eigenvalue weighted by atomic mass is 16.3. The van der Waals surface area contributed by atoms with Gasteiger partial charge < -0.3 is 15.5 Å². The summed E-state index contributed by atoms with van der Waals surface area (Å²) in [4.78, 5) is 12.5. The van der Waals surface area contributed by atoms with E-state index in [2.05, 4.69) is 55.6 Å². The molecule has 0 saturated heterocycles. The van der Waals surface area contributed by atoms with Crippen LogP contribution in [0.2, 0.25) is 0 Å². The van der Waals surface area contributed by atoms with Gasteiger partial charge in [0.2, 0.25) is 5.91 Å². The van der Waals surface area contributed by atoms with Gasteiger partial charge in [0.1, 0.15) is 0 Å². The number of unbranched alkanes of at least 4 members (excludes halogenated alkanes) is 47. The number of carbonyl (C=O) groups excluding carboxylic acids is 1. The van der Waals surface area contributed by atoms with Crippen LogP contribution in [-0.4, -0.2) is 34.9 Å². The van der Waals surface area contributed by atoms with Crippen LogP contribution >= 0.6 is 0 Å². The fraction of sp³-hybridized carbons (Fsp3) is 0.866. The number of nitrogens with one attached hydrogen (secondary N) is 1. The summed E-state index contributed by atoms with van der Waals surface area (Å²) in [6, 6.07) is -0.639. The summed E-state index contributed by atoms with van der Waals surface area (Å²) < 4.78 is 0. The summed E-state index contributed by atoms with van der Waals surface area (Å²) in [5, 5.41) is 23.2. The Hall–Kier alpha value is -1.65. The predicted molar refractivity (Wildman–Crippen MR) is 318 cm³/mol. The lowest BCUT2D eigenvalue weighted by molar-refractivity contribution is -0.123. The molecule has 1 amide bonds. The molecule has 0 heterocycles. The zero-order chi connectivity index (χ0) is 51.3. The topological polar surface area (TPSA) is 69.6 Å². The number of carbonyl (C=O) groups is 1. The molecule has 418 valence electrons. The van der Waals surface area contributed by atoms with E-state index in [1.165, 1.54) is 295 Å². The Labute approximate surface area is 445 Å². The van der Waals surface area contributed by atoms with Crippen molar-refractivity contribution in [3.63, 3.8) is 0 Å². The highest BCUT2D eigenvalue weighted by Crippen LogP contribution is 2.18. The van der Waals surface area contributed by atoms with Crippen molar-refractivity contribution in [3.8, 4) is 0 Å². The van der Waals surface area contributed by atoms with Crippen LogP contribution in [0, 0.1) is 0 Å². The van der Waals surface area contributed by atoms with Crippen molar-refractivity contribution in [2.24, 2.45) is 0 Å². The Morgan fingerprint density at radius 2 is 0.592 bits per heavy atom. The molecular formula is C67H127NO3. The molecule has 0 aliphatic rings. The summed E-state index contributed by atoms with van der Waals surface area (Å²) >= 11 is 0. The van der Waals surface area contributed by atoms with Crippen LogP contribution < -0.4 is 5.32 Å². The molecule has 4 nitrogen and oxygen atoms in total. The molecule has 0 saturated carbocycles. The third-order valence-electron chi connectivity index (χ3n) is 15.0. The van der Waals surface area contributed by atoms with Gasteiger partial charge in [0, 0.05) is 6.42 Å². The second kappa shape index (κ2) is 62.6. The number of rotatable bonds is 60. The van der Waals surface area contributed by atoms with E-state index < -0.39 is 12.1 Å². The molecule has 0 aliphatic heterocycles. The first-order valence-corrected chi connectivity index (χ1v) is 32.4. The number of amides is 1. The molecule has 2 unspecified atom stereocenters. The SMILES string of the molecule is CCCCCCC/C=C\C/C=C\CCCCCCCCCCCCCCCCCCCCCCCCCCCC(=O)NC(CO)C(O)/C=C/CC/C=C/CCCCCCCCCCCCCCCCCC. The molecule has 4 heteroatoms. The van der Waals surface area contributed by atoms with Crippen LogP contribution in [0.5, 0.6) is 0 Å². The molecule has 0 aromatic heterocycles. The highest BCUT2D eigenvalue weighted by Gasteiger charge is 2.18. The predicted octanol–water partition coefficient (Wildman–Crippen LogP) is 21.8. The van der Waals surface area contributed by atoms with Crippen molar-refractivity contribution in [2.45, 2.75) is 366 Å². The molecule has 0 bridgehead atoms. The van der Waals surface area contributed by atoms with Crippen molar-refractivity contribution < 1.29 is 15.0 Å². The van der Waals surface area contributed by atoms with Gasteiger partial charge >= 0.3 is 0 Å². The van der Waals surface area contributed by atoms with Gasteiger partial charge in [0.15, 0.2) is 0 Å². The smallest absolute Gasteiger partial charge is 0.220 e. The lowest BCUT2D eigenvalue weighted by Gasteiger charge is -2.19. The average molecular weight is 995 g/mol. The molecule has 3 N–H and O–H groups in total. The number of hydrogen-bond donors (Lipinski definition) is 3. The van der Waals surface area contributed by atoms with E-state index in [0.717, 1.165) is 38.5 Å². The number of allylic oxidation sites excluding steroid dienone is 7. The summed E-state index contributed by atoms with van der Waals surface area (Å²) in [6.45, 7) is 4.32. The fourth-order valence-electron chi connectivity index (χ4n) is 10.1. The van der Waals surface area contributed by atoms with Gasteiger partial charge in [0.25, 0.3) is 0 Å². The maximum Gasteiger partial charge on any atom is 0.220 e. The molecule has 2 atom stereocenters. The summed E-state index contributed by atoms with van der Waals surface area (Å²) in [5.74, 6) is -0.0671. The summed E-state index contributed by atoms with van der Waals surface area (Å²) in [6.07, 6.45) is 87.5. The molecule has 0 aromatic rings. The van der Waals surface area contributed by atoms with Crippen LogP contribution in [0.1, 0.15) is 354 Å². The van der Waals surface area contributed by atoms with Crippen LogP contribution in [0.25, 0.3) is 0 Å². The molecule has 0 radical (unpaired) electrons. The molecule has 71 heavy (non-hydrogen) atoms. The molecular weight excluding hydrogens is 867 g/mol. The first kappa shape index (κ1) is 69.3. The van der Waals surface area contributed by atoms with E-state index in [4.69, 9.17) is 0 Å². The van der Waals surface area contributed by atoms with Gasteiger partial charge in [-0.1, -0.05) is 332 Å². The molecule has 0 fully saturated rings. The summed E-state index contributed by atoms with van der Waals surface area (Å²) in [5.41, 5.74) is 0. The van der Waals surface area contributed by atoms with Crippen molar-refractivity contribution >= 4 is 5.91 Å². The second-order valence-electron chi connectivity index (χ2n) is 22.2. The Balaban J connectivity index is 3.44. The number of aliphatic hydroxyl groups excluding tert-OH is 2. The minimum atomic E-state index is -0.862. The molecule has 0 rings (SSSR count). The number of hydrogen-bond acceptors (Lipinski definition) is 3. The Morgan fingerprint density at radius 1 is 0.338 bits per heavy atom. The van der Waals surface area contributed by atoms with Gasteiger partial charge in [-0.25, -0.2) is 0 Å². The minimum Gasteiger partial charge on any atom is -0.394 e. The zero-order valence-electron chi connectivity index (χ0n) is 48.3. The zero-order valence-corrected chi connectivity index (χ0v) is 48.3. The van der Waals surface area contributed by atoms with Gasteiger partial charge in [-0.15, -0.1) is 0 Å². The monoisotopic (exact) mass is 994 g/mol. The minimum absolute atomic E-state index is 0.0671. The van der Waals surface area contributed by atoms with E-state index in [9.17, 15) is 15.0 Å². The van der Waals surface area contributed by atoms with E-state index in [1.807, 2.05) is 6.08 Å². The van der Waals surface area contributed by atoms with Crippen molar-refractivity contribution in [1.82, 2.24) is 5.32 Å². The Bertz CT molecular complexity index is 1130. The van der Waals surface area contributed by atoms with Crippen molar-refractivity contribution in [1.29, 1.82) is 0 Å². The standard InChI is InChI=1S/C67H127NO3/c1-3-5-7-9-11-13-15-17-19-21-23-25-27-28-29-30-31-32-33-34-35-36-37-38-39-40-41-43-45-47-49-51-53-55-57-59-61-63-67(71)68-65(64-69)66(70)62-60-58-56-54-52-50-48-46-44-42-26-24-22-20-18-16-14-12-10-8-6-4-2/h15,17,21,23,52,54,60,62,65-66,69-70H,3-14,16,18-20,22,24-51,53,55-59,61,63-64H2,1-2H3,(H,68,71)/b17-15-,23-21-,54-52+,62-60+. The van der Waals surface area contributed by atoms with Gasteiger partial charge in [-0.05, 0) is 64.2 Å². The van der Waals surface area contributed by atoms with Crippen LogP contribution in [0.4, 0.5) is 0 Å². The third-order valence-corrected chi connectivity index (χ3v) is 15.0. The van der Waals surface area contributed by atoms with E-state index in [0.29, 0.717) is 6.42 Å². The summed E-state index contributed by atoms with van der Waals surface area (Å²) in [7, 11) is 0. The molecule has 0 spiro atoms. The largest absolute Gasteiger partial charge is 0.394 e. The van der Waals surface area contributed by atoms with Crippen LogP contribution in [-0.2, 0) is 4.79 Å². The van der Waals surface area contributed by atoms with Crippen LogP contribution in [0.3, 0.4) is 0 Å². The van der Waals surface area contributed by atoms with E-state index in [1.54, 1.807) is 6.08 Å². The fourth-order valence-corrected chi connectivity index (χ4v) is 10.1. The molecule has 0 aromatic carbocycles.